The van der Waals surface area contributed by atoms with Crippen LogP contribution < -0.4 is 9.62 Å². The summed E-state index contributed by atoms with van der Waals surface area (Å²) in [5.74, 6) is -0.908. The lowest BCUT2D eigenvalue weighted by atomic mass is 9.98. The fourth-order valence-corrected chi connectivity index (χ4v) is 4.92. The molecule has 0 aliphatic carbocycles. The van der Waals surface area contributed by atoms with E-state index in [1.165, 1.54) is 18.2 Å². The average molecular weight is 421 g/mol. The van der Waals surface area contributed by atoms with Crippen LogP contribution in [0.3, 0.4) is 0 Å². The highest BCUT2D eigenvalue weighted by Gasteiger charge is 2.36. The number of rotatable bonds is 4. The molecule has 0 bridgehead atoms. The van der Waals surface area contributed by atoms with Gasteiger partial charge in [0.1, 0.15) is 0 Å². The predicted molar refractivity (Wildman–Crippen MR) is 111 cm³/mol. The molecule has 148 valence electrons. The quantitative estimate of drug-likeness (QED) is 0.807. The van der Waals surface area contributed by atoms with Crippen molar-refractivity contribution in [3.63, 3.8) is 0 Å². The molecule has 0 spiro atoms. The smallest absolute Gasteiger partial charge is 0.257 e. The number of para-hydroxylation sites is 1. The molecule has 1 aliphatic rings. The first kappa shape index (κ1) is 20.4. The summed E-state index contributed by atoms with van der Waals surface area (Å²) in [5.41, 5.74) is 3.02. The Morgan fingerprint density at radius 1 is 1.21 bits per heavy atom. The Morgan fingerprint density at radius 3 is 2.50 bits per heavy atom. The molecule has 1 saturated heterocycles. The van der Waals surface area contributed by atoms with E-state index in [1.807, 2.05) is 39.0 Å². The summed E-state index contributed by atoms with van der Waals surface area (Å²) in [5, 5.41) is 2.98. The van der Waals surface area contributed by atoms with Gasteiger partial charge in [-0.25, -0.2) is 12.7 Å². The summed E-state index contributed by atoms with van der Waals surface area (Å²) in [6.45, 7) is 6.00. The fourth-order valence-electron chi connectivity index (χ4n) is 3.21. The van der Waals surface area contributed by atoms with E-state index in [-0.39, 0.29) is 34.4 Å². The van der Waals surface area contributed by atoms with Crippen molar-refractivity contribution in [2.75, 3.05) is 15.4 Å². The van der Waals surface area contributed by atoms with Crippen molar-refractivity contribution >= 4 is 44.8 Å². The van der Waals surface area contributed by atoms with Gasteiger partial charge in [0.05, 0.1) is 22.0 Å². The number of carbonyl (C=O) groups excluding carboxylic acids is 2. The molecule has 0 radical (unpaired) electrons. The van der Waals surface area contributed by atoms with Crippen molar-refractivity contribution in [2.24, 2.45) is 0 Å². The number of anilines is 2. The highest BCUT2D eigenvalue weighted by atomic mass is 35.5. The minimum absolute atomic E-state index is 0.0621. The lowest BCUT2D eigenvalue weighted by Crippen LogP contribution is -2.29. The number of hydrogen-bond acceptors (Lipinski definition) is 4. The first-order chi connectivity index (χ1) is 13.1. The van der Waals surface area contributed by atoms with Gasteiger partial charge in [0.2, 0.25) is 15.9 Å². The summed E-state index contributed by atoms with van der Waals surface area (Å²) in [6, 6.07) is 10.00. The molecule has 0 saturated carbocycles. The molecular formula is C20H21ClN2O4S. The third-order valence-corrected chi connectivity index (χ3v) is 6.68. The Bertz CT molecular complexity index is 1060. The lowest BCUT2D eigenvalue weighted by Gasteiger charge is -2.18. The zero-order chi connectivity index (χ0) is 20.6. The summed E-state index contributed by atoms with van der Waals surface area (Å²) in [6.07, 6.45) is -0.0621. The number of nitrogens with zero attached hydrogens (tertiary/aromatic N) is 1. The summed E-state index contributed by atoms with van der Waals surface area (Å²) < 4.78 is 24.9. The van der Waals surface area contributed by atoms with Gasteiger partial charge in [-0.05, 0) is 42.2 Å². The van der Waals surface area contributed by atoms with E-state index in [0.717, 1.165) is 21.1 Å². The summed E-state index contributed by atoms with van der Waals surface area (Å²) in [4.78, 5) is 24.7. The molecule has 2 aromatic rings. The molecule has 1 heterocycles. The molecule has 1 aliphatic heterocycles. The maximum absolute atomic E-state index is 12.8. The van der Waals surface area contributed by atoms with E-state index in [4.69, 9.17) is 11.6 Å². The Balaban J connectivity index is 1.92. The molecule has 1 fully saturated rings. The molecule has 6 nitrogen and oxygen atoms in total. The van der Waals surface area contributed by atoms with Crippen LogP contribution in [0.4, 0.5) is 11.4 Å². The molecule has 2 amide bonds. The van der Waals surface area contributed by atoms with Crippen LogP contribution in [-0.2, 0) is 14.8 Å². The van der Waals surface area contributed by atoms with Crippen molar-refractivity contribution in [1.29, 1.82) is 0 Å². The van der Waals surface area contributed by atoms with Crippen LogP contribution in [0.2, 0.25) is 5.02 Å². The van der Waals surface area contributed by atoms with Crippen LogP contribution >= 0.6 is 11.6 Å². The van der Waals surface area contributed by atoms with E-state index in [2.05, 4.69) is 5.32 Å². The highest BCUT2D eigenvalue weighted by molar-refractivity contribution is 7.94. The molecule has 3 rings (SSSR count). The second-order valence-electron chi connectivity index (χ2n) is 7.04. The van der Waals surface area contributed by atoms with Crippen molar-refractivity contribution in [3.8, 4) is 0 Å². The molecule has 1 N–H and O–H groups in total. The summed E-state index contributed by atoms with van der Waals surface area (Å²) in [7, 11) is -3.68. The number of amides is 2. The maximum atomic E-state index is 12.8. The third kappa shape index (κ3) is 3.77. The fraction of sp³-hybridized carbons (Fsp3) is 0.300. The first-order valence-corrected chi connectivity index (χ1v) is 10.9. The number of hydrogen-bond donors (Lipinski definition) is 1. The predicted octanol–water partition coefficient (Wildman–Crippen LogP) is 4.09. The van der Waals surface area contributed by atoms with Crippen LogP contribution in [0.1, 0.15) is 47.7 Å². The standard InChI is InChI=1S/C20H21ClN2O4S/c1-12(2)15-6-4-5-13(3)19(15)22-20(25)16-8-7-14(11-17(16)21)23-18(24)9-10-28(23,26)27/h4-8,11-12H,9-10H2,1-3H3,(H,22,25). The topological polar surface area (TPSA) is 83.6 Å². The zero-order valence-electron chi connectivity index (χ0n) is 15.8. The Morgan fingerprint density at radius 2 is 1.93 bits per heavy atom. The van der Waals surface area contributed by atoms with E-state index in [9.17, 15) is 18.0 Å². The van der Waals surface area contributed by atoms with Crippen LogP contribution in [0.15, 0.2) is 36.4 Å². The van der Waals surface area contributed by atoms with E-state index < -0.39 is 21.8 Å². The SMILES string of the molecule is Cc1cccc(C(C)C)c1NC(=O)c1ccc(N2C(=O)CCS2(=O)=O)cc1Cl. The van der Waals surface area contributed by atoms with Crippen LogP contribution in [0, 0.1) is 6.92 Å². The average Bonchev–Trinajstić information content (AvgIpc) is 2.89. The second-order valence-corrected chi connectivity index (χ2v) is 9.38. The van der Waals surface area contributed by atoms with Crippen LogP contribution in [0.5, 0.6) is 0 Å². The molecule has 0 atom stereocenters. The Hall–Kier alpha value is -2.38. The molecule has 2 aromatic carbocycles. The molecule has 0 unspecified atom stereocenters. The van der Waals surface area contributed by atoms with Crippen molar-refractivity contribution in [1.82, 2.24) is 0 Å². The number of nitrogens with one attached hydrogen (secondary N) is 1. The first-order valence-electron chi connectivity index (χ1n) is 8.88. The van der Waals surface area contributed by atoms with Crippen molar-refractivity contribution in [3.05, 3.63) is 58.1 Å². The van der Waals surface area contributed by atoms with Gasteiger partial charge >= 0.3 is 0 Å². The van der Waals surface area contributed by atoms with Gasteiger partial charge in [-0.15, -0.1) is 0 Å². The largest absolute Gasteiger partial charge is 0.321 e. The molecule has 8 heteroatoms. The maximum Gasteiger partial charge on any atom is 0.257 e. The van der Waals surface area contributed by atoms with Crippen molar-refractivity contribution in [2.45, 2.75) is 33.1 Å². The second kappa shape index (κ2) is 7.56. The lowest BCUT2D eigenvalue weighted by molar-refractivity contribution is -0.116. The van der Waals surface area contributed by atoms with Crippen LogP contribution in [-0.4, -0.2) is 26.0 Å². The highest BCUT2D eigenvalue weighted by Crippen LogP contribution is 2.31. The number of aryl methyl sites for hydroxylation is 1. The minimum atomic E-state index is -3.68. The van der Waals surface area contributed by atoms with Crippen LogP contribution in [0.25, 0.3) is 0 Å². The van der Waals surface area contributed by atoms with E-state index in [0.29, 0.717) is 0 Å². The molecular weight excluding hydrogens is 400 g/mol. The van der Waals surface area contributed by atoms with E-state index in [1.54, 1.807) is 0 Å². The van der Waals surface area contributed by atoms with Gasteiger partial charge in [0.15, 0.2) is 0 Å². The van der Waals surface area contributed by atoms with Gasteiger partial charge in [0, 0.05) is 12.1 Å². The Labute approximate surface area is 169 Å². The number of halogens is 1. The number of benzene rings is 2. The monoisotopic (exact) mass is 420 g/mol. The van der Waals surface area contributed by atoms with Gasteiger partial charge in [-0.1, -0.05) is 43.6 Å². The van der Waals surface area contributed by atoms with Crippen molar-refractivity contribution < 1.29 is 18.0 Å². The van der Waals surface area contributed by atoms with Gasteiger partial charge in [-0.3, -0.25) is 9.59 Å². The van der Waals surface area contributed by atoms with Gasteiger partial charge < -0.3 is 5.32 Å². The zero-order valence-corrected chi connectivity index (χ0v) is 17.4. The van der Waals surface area contributed by atoms with E-state index >= 15 is 0 Å². The number of sulfonamides is 1. The minimum Gasteiger partial charge on any atom is -0.321 e. The molecule has 28 heavy (non-hydrogen) atoms. The molecule has 0 aromatic heterocycles. The summed E-state index contributed by atoms with van der Waals surface area (Å²) >= 11 is 6.26. The Kier molecular flexibility index (Phi) is 5.50. The van der Waals surface area contributed by atoms with Gasteiger partial charge in [0.25, 0.3) is 5.91 Å². The number of carbonyl (C=O) groups is 2. The normalized spacial score (nSPS) is 15.9. The van der Waals surface area contributed by atoms with Gasteiger partial charge in [-0.2, -0.15) is 0 Å². The third-order valence-electron chi connectivity index (χ3n) is 4.68.